The minimum Gasteiger partial charge on any atom is -0.480 e. The Morgan fingerprint density at radius 2 is 2.05 bits per heavy atom. The van der Waals surface area contributed by atoms with Gasteiger partial charge < -0.3 is 25.3 Å². The summed E-state index contributed by atoms with van der Waals surface area (Å²) in [6, 6.07) is -1.33. The number of carboxylic acid groups (broad SMARTS) is 1. The van der Waals surface area contributed by atoms with Crippen LogP contribution in [0.15, 0.2) is 0 Å². The average Bonchev–Trinajstić information content (AvgIpc) is 2.69. The van der Waals surface area contributed by atoms with Gasteiger partial charge in [-0.2, -0.15) is 0 Å². The number of aliphatic hydroxyl groups excluding tert-OH is 1. The number of rotatable bonds is 4. The normalized spacial score (nSPS) is 28.3. The molecule has 114 valence electrons. The highest BCUT2D eigenvalue weighted by molar-refractivity contribution is 5.83. The Morgan fingerprint density at radius 1 is 1.40 bits per heavy atom. The van der Waals surface area contributed by atoms with Gasteiger partial charge in [0.2, 0.25) is 0 Å². The monoisotopic (exact) mass is 285 g/mol. The smallest absolute Gasteiger partial charge is 0.326 e. The number of amides is 2. The summed E-state index contributed by atoms with van der Waals surface area (Å²) in [5.41, 5.74) is -0.00722. The number of carbonyl (C=O) groups is 2. The molecule has 7 heteroatoms. The molecule has 0 aromatic carbocycles. The first-order chi connectivity index (χ1) is 9.35. The largest absolute Gasteiger partial charge is 0.480 e. The maximum Gasteiger partial charge on any atom is 0.326 e. The van der Waals surface area contributed by atoms with E-state index >= 15 is 0 Å². The molecule has 0 aromatic rings. The first-order valence-corrected chi connectivity index (χ1v) is 6.98. The second-order valence-electron chi connectivity index (χ2n) is 6.03. The highest BCUT2D eigenvalue weighted by atomic mass is 16.4. The highest BCUT2D eigenvalue weighted by Crippen LogP contribution is 2.35. The molecule has 0 radical (unpaired) electrons. The lowest BCUT2D eigenvalue weighted by Crippen LogP contribution is -2.59. The minimum atomic E-state index is -1.07. The molecule has 2 amide bonds. The number of nitrogens with one attached hydrogen (secondary N) is 1. The zero-order chi connectivity index (χ0) is 14.9. The Labute approximate surface area is 118 Å². The summed E-state index contributed by atoms with van der Waals surface area (Å²) >= 11 is 0. The third-order valence-electron chi connectivity index (χ3n) is 4.63. The number of β-amino-alcohol motifs (C(OH)–C–C–N with tert-alkyl or cyclic N) is 1. The quantitative estimate of drug-likeness (QED) is 0.659. The number of aliphatic carboxylic acids is 1. The van der Waals surface area contributed by atoms with E-state index in [1.807, 2.05) is 14.1 Å². The lowest BCUT2D eigenvalue weighted by molar-refractivity contribution is -0.141. The summed E-state index contributed by atoms with van der Waals surface area (Å²) in [5, 5.41) is 21.5. The molecule has 1 aliphatic heterocycles. The second kappa shape index (κ2) is 5.57. The van der Waals surface area contributed by atoms with Gasteiger partial charge in [0, 0.05) is 25.0 Å². The third-order valence-corrected chi connectivity index (χ3v) is 4.63. The number of urea groups is 1. The molecule has 20 heavy (non-hydrogen) atoms. The van der Waals surface area contributed by atoms with Crippen LogP contribution in [0.4, 0.5) is 4.79 Å². The van der Waals surface area contributed by atoms with Crippen molar-refractivity contribution in [3.63, 3.8) is 0 Å². The molecule has 0 aromatic heterocycles. The number of carboxylic acids is 1. The molecule has 2 fully saturated rings. The maximum absolute atomic E-state index is 12.1. The second-order valence-corrected chi connectivity index (χ2v) is 6.03. The summed E-state index contributed by atoms with van der Waals surface area (Å²) in [6.45, 7) is 0.593. The van der Waals surface area contributed by atoms with Crippen LogP contribution in [0.25, 0.3) is 0 Å². The molecule has 0 unspecified atom stereocenters. The fourth-order valence-electron chi connectivity index (χ4n) is 2.98. The van der Waals surface area contributed by atoms with Gasteiger partial charge in [0.15, 0.2) is 0 Å². The minimum absolute atomic E-state index is 0.00722. The van der Waals surface area contributed by atoms with E-state index in [-0.39, 0.29) is 18.5 Å². The summed E-state index contributed by atoms with van der Waals surface area (Å²) in [5.74, 6) is -1.07. The molecule has 1 saturated heterocycles. The van der Waals surface area contributed by atoms with Crippen molar-refractivity contribution < 1.29 is 19.8 Å². The van der Waals surface area contributed by atoms with Crippen LogP contribution in [-0.4, -0.2) is 76.9 Å². The van der Waals surface area contributed by atoms with Crippen LogP contribution in [-0.2, 0) is 4.79 Å². The van der Waals surface area contributed by atoms with Gasteiger partial charge in [-0.05, 0) is 33.4 Å². The average molecular weight is 285 g/mol. The molecule has 7 nitrogen and oxygen atoms in total. The topological polar surface area (TPSA) is 93.1 Å². The molecular weight excluding hydrogens is 262 g/mol. The fourth-order valence-corrected chi connectivity index (χ4v) is 2.98. The molecular formula is C13H23N3O4. The molecule has 2 aliphatic rings. The van der Waals surface area contributed by atoms with E-state index in [1.165, 1.54) is 4.90 Å². The Kier molecular flexibility index (Phi) is 4.19. The van der Waals surface area contributed by atoms with E-state index in [2.05, 4.69) is 10.2 Å². The van der Waals surface area contributed by atoms with Gasteiger partial charge in [0.05, 0.1) is 6.10 Å². The van der Waals surface area contributed by atoms with Crippen molar-refractivity contribution in [2.24, 2.45) is 0 Å². The lowest BCUT2D eigenvalue weighted by Gasteiger charge is -2.47. The Balaban J connectivity index is 1.93. The zero-order valence-corrected chi connectivity index (χ0v) is 12.0. The molecule has 3 N–H and O–H groups in total. The molecule has 2 atom stereocenters. The molecule has 0 spiro atoms. The maximum atomic E-state index is 12.1. The van der Waals surface area contributed by atoms with E-state index in [4.69, 9.17) is 5.11 Å². The van der Waals surface area contributed by atoms with Crippen molar-refractivity contribution in [2.45, 2.75) is 43.4 Å². The van der Waals surface area contributed by atoms with Crippen molar-refractivity contribution in [3.05, 3.63) is 0 Å². The van der Waals surface area contributed by atoms with Gasteiger partial charge in [0.1, 0.15) is 6.04 Å². The van der Waals surface area contributed by atoms with Gasteiger partial charge in [-0.25, -0.2) is 9.59 Å². The number of carbonyl (C=O) groups excluding carboxylic acids is 1. The lowest BCUT2D eigenvalue weighted by atomic mass is 9.75. The number of likely N-dealkylation sites (tertiary alicyclic amines) is 1. The molecule has 1 aliphatic carbocycles. The number of nitrogens with zero attached hydrogens (tertiary/aromatic N) is 2. The number of hydrogen-bond donors (Lipinski definition) is 3. The van der Waals surface area contributed by atoms with Crippen molar-refractivity contribution in [3.8, 4) is 0 Å². The SMILES string of the molecule is CN(C)C1(CNC(=O)N2C[C@H](O)C[C@@H]2C(=O)O)CCC1. The molecule has 1 heterocycles. The fraction of sp³-hybridized carbons (Fsp3) is 0.846. The van der Waals surface area contributed by atoms with Gasteiger partial charge in [-0.3, -0.25) is 0 Å². The van der Waals surface area contributed by atoms with Gasteiger partial charge in [-0.15, -0.1) is 0 Å². The van der Waals surface area contributed by atoms with Crippen molar-refractivity contribution >= 4 is 12.0 Å². The summed E-state index contributed by atoms with van der Waals surface area (Å²) in [7, 11) is 3.98. The van der Waals surface area contributed by atoms with E-state index in [0.717, 1.165) is 19.3 Å². The predicted molar refractivity (Wildman–Crippen MR) is 72.4 cm³/mol. The first kappa shape index (κ1) is 15.1. The zero-order valence-electron chi connectivity index (χ0n) is 12.0. The number of aliphatic hydroxyl groups is 1. The first-order valence-electron chi connectivity index (χ1n) is 6.98. The van der Waals surface area contributed by atoms with Crippen LogP contribution in [0.2, 0.25) is 0 Å². The van der Waals surface area contributed by atoms with Crippen LogP contribution in [0.5, 0.6) is 0 Å². The van der Waals surface area contributed by atoms with E-state index in [0.29, 0.717) is 6.54 Å². The predicted octanol–water partition coefficient (Wildman–Crippen LogP) is -0.300. The van der Waals surface area contributed by atoms with Crippen LogP contribution in [0, 0.1) is 0 Å². The van der Waals surface area contributed by atoms with Gasteiger partial charge in [0.25, 0.3) is 0 Å². The number of likely N-dealkylation sites (N-methyl/N-ethyl adjacent to an activating group) is 1. The Morgan fingerprint density at radius 3 is 2.50 bits per heavy atom. The van der Waals surface area contributed by atoms with E-state index in [9.17, 15) is 14.7 Å². The third kappa shape index (κ3) is 2.73. The summed E-state index contributed by atoms with van der Waals surface area (Å²) < 4.78 is 0. The summed E-state index contributed by atoms with van der Waals surface area (Å²) in [4.78, 5) is 26.6. The number of hydrogen-bond acceptors (Lipinski definition) is 4. The standard InChI is InChI=1S/C13H23N3O4/c1-15(2)13(4-3-5-13)8-14-12(20)16-7-9(17)6-10(16)11(18)19/h9-10,17H,3-8H2,1-2H3,(H,14,20)(H,18,19)/t9-,10-/m1/s1. The van der Waals surface area contributed by atoms with E-state index in [1.54, 1.807) is 0 Å². The van der Waals surface area contributed by atoms with Gasteiger partial charge in [-0.1, -0.05) is 0 Å². The highest BCUT2D eigenvalue weighted by Gasteiger charge is 2.42. The Bertz CT molecular complexity index is 395. The van der Waals surface area contributed by atoms with Crippen LogP contribution >= 0.6 is 0 Å². The van der Waals surface area contributed by atoms with E-state index < -0.39 is 24.1 Å². The van der Waals surface area contributed by atoms with Crippen LogP contribution < -0.4 is 5.32 Å². The van der Waals surface area contributed by atoms with Crippen LogP contribution in [0.1, 0.15) is 25.7 Å². The summed E-state index contributed by atoms with van der Waals surface area (Å²) in [6.07, 6.45) is 2.56. The van der Waals surface area contributed by atoms with Gasteiger partial charge >= 0.3 is 12.0 Å². The molecule has 2 rings (SSSR count). The molecule has 0 bridgehead atoms. The van der Waals surface area contributed by atoms with Crippen LogP contribution in [0.3, 0.4) is 0 Å². The van der Waals surface area contributed by atoms with Crippen molar-refractivity contribution in [1.29, 1.82) is 0 Å². The van der Waals surface area contributed by atoms with Crippen molar-refractivity contribution in [2.75, 3.05) is 27.2 Å². The molecule has 1 saturated carbocycles. The Hall–Kier alpha value is -1.34. The van der Waals surface area contributed by atoms with Crippen molar-refractivity contribution in [1.82, 2.24) is 15.1 Å².